The smallest absolute Gasteiger partial charge is 0.336 e. The summed E-state index contributed by atoms with van der Waals surface area (Å²) in [6, 6.07) is 10.1. The number of carbonyl (C=O) groups is 2. The average molecular weight is 488 g/mol. The van der Waals surface area contributed by atoms with E-state index < -0.39 is 17.5 Å². The lowest BCUT2D eigenvalue weighted by Gasteiger charge is -2.22. The third kappa shape index (κ3) is 5.07. The Morgan fingerprint density at radius 3 is 2.74 bits per heavy atom. The van der Waals surface area contributed by atoms with Crippen molar-refractivity contribution in [2.45, 2.75) is 25.9 Å². The Morgan fingerprint density at radius 1 is 1.21 bits per heavy atom. The largest absolute Gasteiger partial charge is 0.481 e. The Labute approximate surface area is 200 Å². The van der Waals surface area contributed by atoms with Gasteiger partial charge in [-0.15, -0.1) is 0 Å². The molecule has 2 heterocycles. The summed E-state index contributed by atoms with van der Waals surface area (Å²) in [7, 11) is 1.35. The second kappa shape index (κ2) is 9.85. The minimum Gasteiger partial charge on any atom is -0.481 e. The number of fused-ring (bicyclic) bond motifs is 1. The molecule has 0 spiro atoms. The predicted octanol–water partition coefficient (Wildman–Crippen LogP) is 4.43. The van der Waals surface area contributed by atoms with Gasteiger partial charge in [0.25, 0.3) is 5.91 Å². The standard InChI is InChI=1S/C25H23ClFNO6/c1-14(25(31)28-8-7-15(13-28)9-23(29)32-2)33-17-4-6-19-20(12-24(30)34-22(19)11-17)18-5-3-16(27)10-21(18)26/h3-6,10-12,14-15H,7-9,13H2,1-2H3/t14?,15-/m0/s1. The monoisotopic (exact) mass is 487 g/mol. The van der Waals surface area contributed by atoms with Gasteiger partial charge in [-0.05, 0) is 49.6 Å². The van der Waals surface area contributed by atoms with Crippen molar-refractivity contribution in [3.8, 4) is 16.9 Å². The van der Waals surface area contributed by atoms with Crippen LogP contribution in [0.15, 0.2) is 51.7 Å². The van der Waals surface area contributed by atoms with Gasteiger partial charge in [0.05, 0.1) is 18.6 Å². The number of rotatable bonds is 6. The quantitative estimate of drug-likeness (QED) is 0.377. The molecule has 34 heavy (non-hydrogen) atoms. The van der Waals surface area contributed by atoms with E-state index in [-0.39, 0.29) is 34.8 Å². The number of halogens is 2. The summed E-state index contributed by atoms with van der Waals surface area (Å²) in [4.78, 5) is 38.2. The summed E-state index contributed by atoms with van der Waals surface area (Å²) in [5.74, 6) is -0.548. The normalized spacial score (nSPS) is 16.5. The van der Waals surface area contributed by atoms with Crippen LogP contribution >= 0.6 is 11.6 Å². The van der Waals surface area contributed by atoms with Crippen molar-refractivity contribution in [1.29, 1.82) is 0 Å². The molecule has 7 nitrogen and oxygen atoms in total. The van der Waals surface area contributed by atoms with E-state index in [0.29, 0.717) is 35.4 Å². The Balaban J connectivity index is 1.53. The van der Waals surface area contributed by atoms with Crippen LogP contribution in [0.4, 0.5) is 4.39 Å². The number of ether oxygens (including phenoxy) is 2. The zero-order valence-corrected chi connectivity index (χ0v) is 19.4. The number of nitrogens with zero attached hydrogens (tertiary/aromatic N) is 1. The summed E-state index contributed by atoms with van der Waals surface area (Å²) in [5.41, 5.74) is 0.645. The minimum absolute atomic E-state index is 0.0650. The second-order valence-electron chi connectivity index (χ2n) is 8.24. The van der Waals surface area contributed by atoms with Crippen molar-refractivity contribution in [1.82, 2.24) is 4.90 Å². The fourth-order valence-electron chi connectivity index (χ4n) is 4.18. The first kappa shape index (κ1) is 23.8. The topological polar surface area (TPSA) is 86.0 Å². The van der Waals surface area contributed by atoms with Crippen LogP contribution in [0, 0.1) is 11.7 Å². The van der Waals surface area contributed by atoms with Gasteiger partial charge < -0.3 is 18.8 Å². The molecule has 178 valence electrons. The molecule has 1 aliphatic rings. The lowest BCUT2D eigenvalue weighted by atomic mass is 10.0. The molecule has 2 atom stereocenters. The second-order valence-corrected chi connectivity index (χ2v) is 8.65. The van der Waals surface area contributed by atoms with Gasteiger partial charge in [0.1, 0.15) is 17.1 Å². The average Bonchev–Trinajstić information content (AvgIpc) is 3.26. The lowest BCUT2D eigenvalue weighted by molar-refractivity contribution is -0.142. The Bertz CT molecular complexity index is 1310. The molecular formula is C25H23ClFNO6. The van der Waals surface area contributed by atoms with Crippen molar-refractivity contribution in [3.05, 3.63) is 63.7 Å². The molecule has 0 bridgehead atoms. The van der Waals surface area contributed by atoms with Crippen molar-refractivity contribution in [2.75, 3.05) is 20.2 Å². The summed E-state index contributed by atoms with van der Waals surface area (Å²) in [6.45, 7) is 2.66. The molecule has 0 saturated carbocycles. The molecule has 1 saturated heterocycles. The number of likely N-dealkylation sites (tertiary alicyclic amines) is 1. The van der Waals surface area contributed by atoms with E-state index in [0.717, 1.165) is 6.42 Å². The predicted molar refractivity (Wildman–Crippen MR) is 124 cm³/mol. The number of methoxy groups -OCH3 is 1. The molecule has 1 amide bonds. The van der Waals surface area contributed by atoms with Gasteiger partial charge in [-0.2, -0.15) is 0 Å². The molecular weight excluding hydrogens is 465 g/mol. The number of amides is 1. The van der Waals surface area contributed by atoms with Crippen molar-refractivity contribution in [3.63, 3.8) is 0 Å². The molecule has 0 aliphatic carbocycles. The molecule has 9 heteroatoms. The van der Waals surface area contributed by atoms with Crippen molar-refractivity contribution in [2.24, 2.45) is 5.92 Å². The van der Waals surface area contributed by atoms with E-state index >= 15 is 0 Å². The highest BCUT2D eigenvalue weighted by Crippen LogP contribution is 2.34. The van der Waals surface area contributed by atoms with E-state index in [1.165, 1.54) is 37.4 Å². The highest BCUT2D eigenvalue weighted by atomic mass is 35.5. The molecule has 0 N–H and O–H groups in total. The summed E-state index contributed by atoms with van der Waals surface area (Å²) >= 11 is 6.20. The van der Waals surface area contributed by atoms with Crippen LogP contribution in [0.25, 0.3) is 22.1 Å². The van der Waals surface area contributed by atoms with Crippen molar-refractivity contribution >= 4 is 34.4 Å². The molecule has 1 aromatic heterocycles. The first-order chi connectivity index (χ1) is 16.2. The molecule has 3 aromatic rings. The van der Waals surface area contributed by atoms with Crippen LogP contribution in [-0.4, -0.2) is 43.1 Å². The lowest BCUT2D eigenvalue weighted by Crippen LogP contribution is -2.39. The van der Waals surface area contributed by atoms with Crippen LogP contribution in [-0.2, 0) is 14.3 Å². The maximum atomic E-state index is 13.5. The fourth-order valence-corrected chi connectivity index (χ4v) is 4.45. The molecule has 0 radical (unpaired) electrons. The minimum atomic E-state index is -0.782. The van der Waals surface area contributed by atoms with E-state index in [1.54, 1.807) is 24.0 Å². The van der Waals surface area contributed by atoms with Gasteiger partial charge in [0.15, 0.2) is 6.10 Å². The van der Waals surface area contributed by atoms with Crippen LogP contribution in [0.3, 0.4) is 0 Å². The zero-order valence-electron chi connectivity index (χ0n) is 18.7. The Hall–Kier alpha value is -3.39. The van der Waals surface area contributed by atoms with Gasteiger partial charge in [0, 0.05) is 41.7 Å². The number of hydrogen-bond donors (Lipinski definition) is 0. The van der Waals surface area contributed by atoms with Crippen LogP contribution in [0.1, 0.15) is 19.8 Å². The molecule has 1 fully saturated rings. The molecule has 4 rings (SSSR count). The van der Waals surface area contributed by atoms with Gasteiger partial charge >= 0.3 is 11.6 Å². The van der Waals surface area contributed by atoms with Crippen LogP contribution in [0.5, 0.6) is 5.75 Å². The van der Waals surface area contributed by atoms with E-state index in [9.17, 15) is 18.8 Å². The zero-order chi connectivity index (χ0) is 24.4. The highest BCUT2D eigenvalue weighted by molar-refractivity contribution is 6.33. The first-order valence-corrected chi connectivity index (χ1v) is 11.2. The SMILES string of the molecule is COC(=O)C[C@@H]1CCN(C(=O)C(C)Oc2ccc3c(-c4ccc(F)cc4Cl)cc(=O)oc3c2)C1. The van der Waals surface area contributed by atoms with Crippen LogP contribution in [0.2, 0.25) is 5.02 Å². The third-order valence-electron chi connectivity index (χ3n) is 5.88. The van der Waals surface area contributed by atoms with E-state index in [4.69, 9.17) is 25.5 Å². The number of hydrogen-bond acceptors (Lipinski definition) is 6. The maximum absolute atomic E-state index is 13.5. The van der Waals surface area contributed by atoms with Crippen LogP contribution < -0.4 is 10.4 Å². The summed E-state index contributed by atoms with van der Waals surface area (Å²) < 4.78 is 29.4. The number of esters is 1. The number of benzene rings is 2. The maximum Gasteiger partial charge on any atom is 0.336 e. The van der Waals surface area contributed by atoms with Gasteiger partial charge in [0.2, 0.25) is 0 Å². The summed E-state index contributed by atoms with van der Waals surface area (Å²) in [6.07, 6.45) is 0.221. The highest BCUT2D eigenvalue weighted by Gasteiger charge is 2.31. The Morgan fingerprint density at radius 2 is 2.00 bits per heavy atom. The molecule has 1 unspecified atom stereocenters. The van der Waals surface area contributed by atoms with Gasteiger partial charge in [-0.3, -0.25) is 9.59 Å². The van der Waals surface area contributed by atoms with E-state index in [1.807, 2.05) is 0 Å². The molecule has 2 aromatic carbocycles. The van der Waals surface area contributed by atoms with E-state index in [2.05, 4.69) is 0 Å². The number of carbonyl (C=O) groups excluding carboxylic acids is 2. The fraction of sp³-hybridized carbons (Fsp3) is 0.320. The van der Waals surface area contributed by atoms with Gasteiger partial charge in [-0.1, -0.05) is 11.6 Å². The molecule has 1 aliphatic heterocycles. The Kier molecular flexibility index (Phi) is 6.88. The summed E-state index contributed by atoms with van der Waals surface area (Å²) in [5, 5.41) is 0.757. The van der Waals surface area contributed by atoms with Gasteiger partial charge in [-0.25, -0.2) is 9.18 Å². The third-order valence-corrected chi connectivity index (χ3v) is 6.19. The first-order valence-electron chi connectivity index (χ1n) is 10.8. The van der Waals surface area contributed by atoms with Crippen molar-refractivity contribution < 1.29 is 27.9 Å².